The second-order valence-corrected chi connectivity index (χ2v) is 8.27. The summed E-state index contributed by atoms with van der Waals surface area (Å²) in [5.41, 5.74) is -0.365. The lowest BCUT2D eigenvalue weighted by molar-refractivity contribution is 0.0279. The predicted octanol–water partition coefficient (Wildman–Crippen LogP) is 4.32. The van der Waals surface area contributed by atoms with Gasteiger partial charge in [0.15, 0.2) is 0 Å². The van der Waals surface area contributed by atoms with E-state index in [0.717, 1.165) is 6.07 Å². The van der Waals surface area contributed by atoms with Gasteiger partial charge in [-0.1, -0.05) is 11.6 Å². The van der Waals surface area contributed by atoms with Gasteiger partial charge in [0.2, 0.25) is 0 Å². The molecule has 1 aromatic rings. The molecule has 2 amide bonds. The van der Waals surface area contributed by atoms with Crippen molar-refractivity contribution in [2.24, 2.45) is 0 Å². The number of carbonyl (C=O) groups is 2. The molecule has 0 spiro atoms. The zero-order valence-electron chi connectivity index (χ0n) is 14.6. The Morgan fingerprint density at radius 2 is 2.04 bits per heavy atom. The molecule has 0 N–H and O–H groups in total. The zero-order chi connectivity index (χ0) is 18.9. The third-order valence-corrected chi connectivity index (χ3v) is 5.15. The molecule has 2 rings (SSSR count). The van der Waals surface area contributed by atoms with Crippen molar-refractivity contribution >= 4 is 39.5 Å². The summed E-state index contributed by atoms with van der Waals surface area (Å²) in [5.74, 6) is -0.984. The third-order valence-electron chi connectivity index (χ3n) is 3.91. The van der Waals surface area contributed by atoms with E-state index in [1.165, 1.54) is 11.0 Å². The molecular weight excluding hydrogens is 415 g/mol. The molecule has 5 nitrogen and oxygen atoms in total. The van der Waals surface area contributed by atoms with Crippen LogP contribution in [0.5, 0.6) is 0 Å². The minimum Gasteiger partial charge on any atom is -0.444 e. The van der Waals surface area contributed by atoms with Gasteiger partial charge in [-0.15, -0.1) is 0 Å². The predicted molar refractivity (Wildman–Crippen MR) is 97.4 cm³/mol. The highest BCUT2D eigenvalue weighted by molar-refractivity contribution is 9.10. The van der Waals surface area contributed by atoms with Crippen molar-refractivity contribution in [1.82, 2.24) is 9.80 Å². The number of likely N-dealkylation sites (tertiary alicyclic amines) is 1. The van der Waals surface area contributed by atoms with Crippen molar-refractivity contribution in [1.29, 1.82) is 0 Å². The molecular formula is C17H21BrClFN2O3. The van der Waals surface area contributed by atoms with Crippen LogP contribution in [0.25, 0.3) is 0 Å². The number of likely N-dealkylation sites (N-methyl/N-ethyl adjacent to an activating group) is 1. The molecule has 25 heavy (non-hydrogen) atoms. The number of halogens is 3. The molecule has 1 atom stereocenters. The Morgan fingerprint density at radius 1 is 1.40 bits per heavy atom. The van der Waals surface area contributed by atoms with Gasteiger partial charge >= 0.3 is 6.09 Å². The highest BCUT2D eigenvalue weighted by atomic mass is 79.9. The number of hydrogen-bond acceptors (Lipinski definition) is 3. The smallest absolute Gasteiger partial charge is 0.410 e. The van der Waals surface area contributed by atoms with Crippen LogP contribution in [0.1, 0.15) is 37.6 Å². The lowest BCUT2D eigenvalue weighted by Crippen LogP contribution is -2.41. The molecule has 1 fully saturated rings. The molecule has 1 heterocycles. The van der Waals surface area contributed by atoms with Crippen LogP contribution in [0.3, 0.4) is 0 Å². The molecule has 1 saturated heterocycles. The van der Waals surface area contributed by atoms with E-state index >= 15 is 0 Å². The molecule has 0 bridgehead atoms. The van der Waals surface area contributed by atoms with Crippen LogP contribution < -0.4 is 0 Å². The van der Waals surface area contributed by atoms with Crippen LogP contribution in [-0.4, -0.2) is 53.6 Å². The third kappa shape index (κ3) is 4.85. The SMILES string of the molecule is CN(C(=O)c1cc(F)c(Cl)c(Br)c1)C1CCN(C(=O)OC(C)(C)C)C1. The molecule has 1 unspecified atom stereocenters. The number of benzene rings is 1. The standard InChI is InChI=1S/C17H21BrClFN2O3/c1-17(2,3)25-16(24)22-6-5-11(9-22)21(4)15(23)10-7-12(18)14(19)13(20)8-10/h7-8,11H,5-6,9H2,1-4H3. The normalized spacial score (nSPS) is 17.6. The van der Waals surface area contributed by atoms with Crippen LogP contribution in [-0.2, 0) is 4.74 Å². The van der Waals surface area contributed by atoms with Gasteiger partial charge in [0.05, 0.1) is 11.1 Å². The van der Waals surface area contributed by atoms with Crippen LogP contribution in [0.4, 0.5) is 9.18 Å². The quantitative estimate of drug-likeness (QED) is 0.650. The van der Waals surface area contributed by atoms with Gasteiger partial charge in [0, 0.05) is 30.2 Å². The monoisotopic (exact) mass is 434 g/mol. The van der Waals surface area contributed by atoms with E-state index in [0.29, 0.717) is 24.0 Å². The van der Waals surface area contributed by atoms with E-state index in [9.17, 15) is 14.0 Å². The zero-order valence-corrected chi connectivity index (χ0v) is 16.9. The van der Waals surface area contributed by atoms with E-state index < -0.39 is 17.5 Å². The van der Waals surface area contributed by atoms with Crippen LogP contribution >= 0.6 is 27.5 Å². The van der Waals surface area contributed by atoms with Crippen molar-refractivity contribution in [2.45, 2.75) is 38.8 Å². The first-order valence-electron chi connectivity index (χ1n) is 7.89. The van der Waals surface area contributed by atoms with E-state index in [4.69, 9.17) is 16.3 Å². The summed E-state index contributed by atoms with van der Waals surface area (Å²) in [6, 6.07) is 2.45. The van der Waals surface area contributed by atoms with Crippen molar-refractivity contribution in [3.63, 3.8) is 0 Å². The van der Waals surface area contributed by atoms with E-state index in [1.54, 1.807) is 32.7 Å². The van der Waals surface area contributed by atoms with Gasteiger partial charge in [-0.2, -0.15) is 0 Å². The van der Waals surface area contributed by atoms with Crippen molar-refractivity contribution < 1.29 is 18.7 Å². The topological polar surface area (TPSA) is 49.9 Å². The number of hydrogen-bond donors (Lipinski definition) is 0. The van der Waals surface area contributed by atoms with E-state index in [-0.39, 0.29) is 22.5 Å². The van der Waals surface area contributed by atoms with Crippen LogP contribution in [0.2, 0.25) is 5.02 Å². The average molecular weight is 436 g/mol. The summed E-state index contributed by atoms with van der Waals surface area (Å²) in [4.78, 5) is 27.8. The number of ether oxygens (including phenoxy) is 1. The van der Waals surface area contributed by atoms with E-state index in [2.05, 4.69) is 15.9 Å². The Kier molecular flexibility index (Phi) is 5.99. The second-order valence-electron chi connectivity index (χ2n) is 7.04. The van der Waals surface area contributed by atoms with Crippen molar-refractivity contribution in [3.05, 3.63) is 33.0 Å². The lowest BCUT2D eigenvalue weighted by Gasteiger charge is -2.27. The van der Waals surface area contributed by atoms with Crippen LogP contribution in [0, 0.1) is 5.82 Å². The Balaban J connectivity index is 2.05. The van der Waals surface area contributed by atoms with Gasteiger partial charge in [-0.3, -0.25) is 4.79 Å². The molecule has 0 radical (unpaired) electrons. The molecule has 1 aliphatic rings. The average Bonchev–Trinajstić information content (AvgIpc) is 2.99. The molecule has 0 aliphatic carbocycles. The number of rotatable bonds is 2. The van der Waals surface area contributed by atoms with Gasteiger partial charge in [-0.25, -0.2) is 9.18 Å². The van der Waals surface area contributed by atoms with Gasteiger partial charge in [0.25, 0.3) is 5.91 Å². The highest BCUT2D eigenvalue weighted by Gasteiger charge is 2.33. The summed E-state index contributed by atoms with van der Waals surface area (Å²) < 4.78 is 19.4. The molecule has 0 saturated carbocycles. The maximum absolute atomic E-state index is 13.8. The summed E-state index contributed by atoms with van der Waals surface area (Å²) in [5, 5.41) is -0.0591. The molecule has 1 aromatic carbocycles. The first kappa shape index (κ1) is 20.0. The maximum atomic E-state index is 13.8. The van der Waals surface area contributed by atoms with Gasteiger partial charge in [0.1, 0.15) is 11.4 Å². The first-order chi connectivity index (χ1) is 11.5. The fraction of sp³-hybridized carbons (Fsp3) is 0.529. The van der Waals surface area contributed by atoms with Crippen LogP contribution in [0.15, 0.2) is 16.6 Å². The summed E-state index contributed by atoms with van der Waals surface area (Å²) >= 11 is 8.91. The number of nitrogens with zero attached hydrogens (tertiary/aromatic N) is 2. The number of amides is 2. The largest absolute Gasteiger partial charge is 0.444 e. The van der Waals surface area contributed by atoms with Crippen molar-refractivity contribution in [3.8, 4) is 0 Å². The summed E-state index contributed by atoms with van der Waals surface area (Å²) in [7, 11) is 1.64. The highest BCUT2D eigenvalue weighted by Crippen LogP contribution is 2.28. The Labute approximate surface area is 160 Å². The van der Waals surface area contributed by atoms with E-state index in [1.807, 2.05) is 0 Å². The first-order valence-corrected chi connectivity index (χ1v) is 9.06. The second kappa shape index (κ2) is 7.50. The maximum Gasteiger partial charge on any atom is 0.410 e. The fourth-order valence-corrected chi connectivity index (χ4v) is 3.14. The molecule has 8 heteroatoms. The molecule has 1 aliphatic heterocycles. The van der Waals surface area contributed by atoms with Gasteiger partial charge in [-0.05, 0) is 55.3 Å². The molecule has 138 valence electrons. The summed E-state index contributed by atoms with van der Waals surface area (Å²) in [6.45, 7) is 6.31. The minimum atomic E-state index is -0.658. The van der Waals surface area contributed by atoms with Gasteiger partial charge < -0.3 is 14.5 Å². The lowest BCUT2D eigenvalue weighted by atomic mass is 10.1. The Hall–Kier alpha value is -1.34. The summed E-state index contributed by atoms with van der Waals surface area (Å²) in [6.07, 6.45) is 0.245. The Bertz CT molecular complexity index is 670. The van der Waals surface area contributed by atoms with Crippen molar-refractivity contribution in [2.75, 3.05) is 20.1 Å². The number of carbonyl (C=O) groups excluding carboxylic acids is 2. The fourth-order valence-electron chi connectivity index (χ4n) is 2.60. The minimum absolute atomic E-state index is 0.0591. The Morgan fingerprint density at radius 3 is 2.60 bits per heavy atom. The molecule has 0 aromatic heterocycles.